The summed E-state index contributed by atoms with van der Waals surface area (Å²) in [6.07, 6.45) is 0.883. The molecule has 0 aliphatic carbocycles. The SMILES string of the molecule is N#CC(=CNS(=O)O)C(=O)Nc1ccccc1. The number of carbonyl (C=O) groups is 1. The van der Waals surface area contributed by atoms with Crippen molar-refractivity contribution < 1.29 is 13.6 Å². The van der Waals surface area contributed by atoms with Crippen molar-refractivity contribution in [2.45, 2.75) is 0 Å². The minimum absolute atomic E-state index is 0.295. The summed E-state index contributed by atoms with van der Waals surface area (Å²) in [6, 6.07) is 10.2. The van der Waals surface area contributed by atoms with E-state index in [-0.39, 0.29) is 5.57 Å². The van der Waals surface area contributed by atoms with Crippen molar-refractivity contribution >= 4 is 22.9 Å². The molecule has 0 saturated heterocycles. The van der Waals surface area contributed by atoms with Gasteiger partial charge in [0.25, 0.3) is 17.2 Å². The molecule has 0 aromatic heterocycles. The molecular weight excluding hydrogens is 242 g/mol. The van der Waals surface area contributed by atoms with E-state index in [1.165, 1.54) is 0 Å². The maximum absolute atomic E-state index is 11.5. The van der Waals surface area contributed by atoms with Crippen LogP contribution in [0.1, 0.15) is 0 Å². The monoisotopic (exact) mass is 251 g/mol. The fraction of sp³-hybridized carbons (Fsp3) is 0. The van der Waals surface area contributed by atoms with E-state index in [9.17, 15) is 9.00 Å². The first kappa shape index (κ1) is 12.9. The van der Waals surface area contributed by atoms with Crippen molar-refractivity contribution in [3.8, 4) is 6.07 Å². The molecule has 0 heterocycles. The molecule has 1 unspecified atom stereocenters. The molecule has 17 heavy (non-hydrogen) atoms. The second-order valence-corrected chi connectivity index (χ2v) is 3.59. The Hall–Kier alpha value is -2.17. The molecular formula is C10H9N3O3S. The quantitative estimate of drug-likeness (QED) is 0.417. The zero-order valence-corrected chi connectivity index (χ0v) is 9.40. The van der Waals surface area contributed by atoms with Crippen LogP contribution in [0, 0.1) is 11.3 Å². The van der Waals surface area contributed by atoms with Gasteiger partial charge in [-0.05, 0) is 12.1 Å². The third-order valence-corrected chi connectivity index (χ3v) is 2.02. The van der Waals surface area contributed by atoms with Gasteiger partial charge in [-0.1, -0.05) is 18.2 Å². The van der Waals surface area contributed by atoms with Gasteiger partial charge in [0, 0.05) is 11.9 Å². The molecule has 0 saturated carbocycles. The van der Waals surface area contributed by atoms with Gasteiger partial charge < -0.3 is 5.32 Å². The zero-order chi connectivity index (χ0) is 12.7. The molecule has 1 aromatic rings. The van der Waals surface area contributed by atoms with Gasteiger partial charge in [-0.2, -0.15) is 5.26 Å². The Morgan fingerprint density at radius 1 is 1.41 bits per heavy atom. The Kier molecular flexibility index (Phi) is 4.87. The summed E-state index contributed by atoms with van der Waals surface area (Å²) in [7, 11) is 0. The first-order chi connectivity index (χ1) is 8.13. The maximum Gasteiger partial charge on any atom is 0.267 e. The summed E-state index contributed by atoms with van der Waals surface area (Å²) in [4.78, 5) is 11.5. The smallest absolute Gasteiger partial charge is 0.267 e. The van der Waals surface area contributed by atoms with Gasteiger partial charge in [-0.15, -0.1) is 0 Å². The number of amides is 1. The second kappa shape index (κ2) is 6.42. The van der Waals surface area contributed by atoms with Gasteiger partial charge in [0.1, 0.15) is 11.6 Å². The summed E-state index contributed by atoms with van der Waals surface area (Å²) in [5.74, 6) is -0.656. The minimum Gasteiger partial charge on any atom is -0.321 e. The normalized spacial score (nSPS) is 12.4. The van der Waals surface area contributed by atoms with E-state index in [0.717, 1.165) is 6.20 Å². The predicted molar refractivity (Wildman–Crippen MR) is 62.7 cm³/mol. The molecule has 0 bridgehead atoms. The van der Waals surface area contributed by atoms with Gasteiger partial charge in [-0.3, -0.25) is 14.1 Å². The Morgan fingerprint density at radius 2 is 2.06 bits per heavy atom. The highest BCUT2D eigenvalue weighted by atomic mass is 32.2. The summed E-state index contributed by atoms with van der Waals surface area (Å²) < 4.78 is 20.7. The lowest BCUT2D eigenvalue weighted by Gasteiger charge is -2.03. The topological polar surface area (TPSA) is 102 Å². The fourth-order valence-corrected chi connectivity index (χ4v) is 1.20. The molecule has 88 valence electrons. The Labute approximate surface area is 100 Å². The van der Waals surface area contributed by atoms with Crippen LogP contribution >= 0.6 is 0 Å². The number of carbonyl (C=O) groups excluding carboxylic acids is 1. The molecule has 1 rings (SSSR count). The second-order valence-electron chi connectivity index (χ2n) is 2.86. The summed E-state index contributed by atoms with van der Waals surface area (Å²) in [5, 5.41) is 11.2. The molecule has 7 heteroatoms. The number of rotatable bonds is 4. The lowest BCUT2D eigenvalue weighted by molar-refractivity contribution is -0.112. The Balaban J connectivity index is 2.72. The highest BCUT2D eigenvalue weighted by molar-refractivity contribution is 7.77. The standard InChI is InChI=1S/C10H9N3O3S/c11-6-8(7-12-17(15)16)10(14)13-9-4-2-1-3-5-9/h1-5,7,12H,(H,13,14)(H,15,16). The molecule has 0 aliphatic rings. The molecule has 0 fully saturated rings. The molecule has 0 radical (unpaired) electrons. The molecule has 1 amide bonds. The molecule has 3 N–H and O–H groups in total. The number of para-hydroxylation sites is 1. The van der Waals surface area contributed by atoms with E-state index in [4.69, 9.17) is 9.81 Å². The van der Waals surface area contributed by atoms with Crippen molar-refractivity contribution in [2.24, 2.45) is 0 Å². The highest BCUT2D eigenvalue weighted by Gasteiger charge is 2.08. The summed E-state index contributed by atoms with van der Waals surface area (Å²) >= 11 is -2.31. The van der Waals surface area contributed by atoms with E-state index in [1.807, 2.05) is 4.72 Å². The molecule has 0 spiro atoms. The van der Waals surface area contributed by atoms with Crippen molar-refractivity contribution in [1.82, 2.24) is 4.72 Å². The van der Waals surface area contributed by atoms with E-state index in [0.29, 0.717) is 5.69 Å². The van der Waals surface area contributed by atoms with E-state index >= 15 is 0 Å². The van der Waals surface area contributed by atoms with Crippen molar-refractivity contribution in [3.63, 3.8) is 0 Å². The van der Waals surface area contributed by atoms with E-state index in [2.05, 4.69) is 5.32 Å². The zero-order valence-electron chi connectivity index (χ0n) is 8.58. The van der Waals surface area contributed by atoms with Gasteiger partial charge in [0.05, 0.1) is 0 Å². The number of benzene rings is 1. The molecule has 1 atom stereocenters. The van der Waals surface area contributed by atoms with Crippen LogP contribution in [0.5, 0.6) is 0 Å². The van der Waals surface area contributed by atoms with Gasteiger partial charge in [-0.25, -0.2) is 4.21 Å². The summed E-state index contributed by atoms with van der Waals surface area (Å²) in [5.41, 5.74) is 0.236. The number of hydrogen-bond donors (Lipinski definition) is 3. The predicted octanol–water partition coefficient (Wildman–Crippen LogP) is 0.759. The first-order valence-electron chi connectivity index (χ1n) is 4.47. The fourth-order valence-electron chi connectivity index (χ4n) is 0.978. The maximum atomic E-state index is 11.5. The lowest BCUT2D eigenvalue weighted by Crippen LogP contribution is -2.17. The van der Waals surface area contributed by atoms with Crippen LogP contribution in [-0.2, 0) is 16.1 Å². The number of nitrogens with zero attached hydrogens (tertiary/aromatic N) is 1. The Morgan fingerprint density at radius 3 is 2.59 bits per heavy atom. The van der Waals surface area contributed by atoms with Crippen molar-refractivity contribution in [1.29, 1.82) is 5.26 Å². The van der Waals surface area contributed by atoms with Crippen LogP contribution in [0.25, 0.3) is 0 Å². The van der Waals surface area contributed by atoms with Gasteiger partial charge in [0.15, 0.2) is 0 Å². The number of nitriles is 1. The average Bonchev–Trinajstić information content (AvgIpc) is 2.30. The molecule has 6 nitrogen and oxygen atoms in total. The minimum atomic E-state index is -2.31. The van der Waals surface area contributed by atoms with Crippen LogP contribution in [-0.4, -0.2) is 14.7 Å². The van der Waals surface area contributed by atoms with Crippen LogP contribution in [0.15, 0.2) is 42.1 Å². The number of nitrogens with one attached hydrogen (secondary N) is 2. The first-order valence-corrected chi connectivity index (χ1v) is 5.58. The third kappa shape index (κ3) is 4.46. The summed E-state index contributed by atoms with van der Waals surface area (Å²) in [6.45, 7) is 0. The molecule has 1 aromatic carbocycles. The van der Waals surface area contributed by atoms with E-state index in [1.54, 1.807) is 36.4 Å². The van der Waals surface area contributed by atoms with Gasteiger partial charge in [0.2, 0.25) is 0 Å². The van der Waals surface area contributed by atoms with Gasteiger partial charge >= 0.3 is 0 Å². The van der Waals surface area contributed by atoms with Crippen LogP contribution < -0.4 is 10.0 Å². The van der Waals surface area contributed by atoms with Crippen molar-refractivity contribution in [3.05, 3.63) is 42.1 Å². The highest BCUT2D eigenvalue weighted by Crippen LogP contribution is 2.06. The van der Waals surface area contributed by atoms with E-state index < -0.39 is 17.2 Å². The lowest BCUT2D eigenvalue weighted by atomic mass is 10.2. The Bertz CT molecular complexity index is 493. The van der Waals surface area contributed by atoms with Crippen molar-refractivity contribution in [2.75, 3.05) is 5.32 Å². The van der Waals surface area contributed by atoms with Crippen LogP contribution in [0.4, 0.5) is 5.69 Å². The largest absolute Gasteiger partial charge is 0.321 e. The third-order valence-electron chi connectivity index (χ3n) is 1.70. The number of hydrogen-bond acceptors (Lipinski definition) is 3. The number of anilines is 1. The average molecular weight is 251 g/mol. The van der Waals surface area contributed by atoms with Crippen LogP contribution in [0.2, 0.25) is 0 Å². The molecule has 0 aliphatic heterocycles. The van der Waals surface area contributed by atoms with Crippen LogP contribution in [0.3, 0.4) is 0 Å².